The fourth-order valence-corrected chi connectivity index (χ4v) is 2.83. The molecule has 0 atom stereocenters. The van der Waals surface area contributed by atoms with Gasteiger partial charge in [0, 0.05) is 14.2 Å². The van der Waals surface area contributed by atoms with Gasteiger partial charge in [-0.1, -0.05) is 0 Å². The van der Waals surface area contributed by atoms with Crippen LogP contribution < -0.4 is 0 Å². The number of hydrogen-bond donors (Lipinski definition) is 0. The SMILES string of the molecule is C1=CC2=NC1=CC1=NC(=CC3=NC(=CC4=NC(=C2)C=C4)C=C3)C=C1.COC. The topological polar surface area (TPSA) is 58.7 Å². The molecule has 27 heavy (non-hydrogen) atoms. The van der Waals surface area contributed by atoms with E-state index in [9.17, 15) is 0 Å². The molecular formula is C22H18N4O. The Morgan fingerprint density at radius 3 is 0.889 bits per heavy atom. The van der Waals surface area contributed by atoms with Gasteiger partial charge in [0.05, 0.1) is 45.6 Å². The lowest BCUT2D eigenvalue weighted by atomic mass is 10.2. The Morgan fingerprint density at radius 2 is 0.667 bits per heavy atom. The summed E-state index contributed by atoms with van der Waals surface area (Å²) in [7, 11) is 3.25. The first kappa shape index (κ1) is 17.0. The van der Waals surface area contributed by atoms with E-state index in [0.717, 1.165) is 45.6 Å². The highest BCUT2D eigenvalue weighted by Crippen LogP contribution is 2.20. The normalized spacial score (nSPS) is 20.8. The van der Waals surface area contributed by atoms with Crippen LogP contribution >= 0.6 is 0 Å². The van der Waals surface area contributed by atoms with Gasteiger partial charge < -0.3 is 4.74 Å². The van der Waals surface area contributed by atoms with Crippen molar-refractivity contribution in [1.29, 1.82) is 0 Å². The van der Waals surface area contributed by atoms with Crippen LogP contribution in [0.3, 0.4) is 0 Å². The van der Waals surface area contributed by atoms with Crippen molar-refractivity contribution < 1.29 is 4.74 Å². The molecule has 0 radical (unpaired) electrons. The van der Waals surface area contributed by atoms with Gasteiger partial charge in [0.25, 0.3) is 0 Å². The summed E-state index contributed by atoms with van der Waals surface area (Å²) in [6, 6.07) is 0. The highest BCUT2D eigenvalue weighted by atomic mass is 16.4. The van der Waals surface area contributed by atoms with Crippen molar-refractivity contribution in [2.45, 2.75) is 0 Å². The van der Waals surface area contributed by atoms with Gasteiger partial charge in [0.15, 0.2) is 0 Å². The van der Waals surface area contributed by atoms with Crippen LogP contribution in [0.1, 0.15) is 0 Å². The standard InChI is InChI=1S/C20H12N4.C2H6O/c1-2-14-10-16-5-6-18(23-16)12-20-8-7-19(24-20)11-17-4-3-15(22-17)9-13(1)21-14;1-3-2/h1-12H;1-2H3. The van der Waals surface area contributed by atoms with Crippen LogP contribution in [-0.4, -0.2) is 37.1 Å². The maximum Gasteiger partial charge on any atom is 0.0659 e. The van der Waals surface area contributed by atoms with E-state index in [0.29, 0.717) is 0 Å². The van der Waals surface area contributed by atoms with Crippen molar-refractivity contribution in [3.8, 4) is 0 Å². The van der Waals surface area contributed by atoms with E-state index >= 15 is 0 Å². The number of ether oxygens (including phenoxy) is 1. The van der Waals surface area contributed by atoms with Crippen molar-refractivity contribution in [2.24, 2.45) is 20.0 Å². The van der Waals surface area contributed by atoms with Crippen LogP contribution in [0.15, 0.2) is 116 Å². The zero-order valence-electron chi connectivity index (χ0n) is 15.1. The Balaban J connectivity index is 0.000000565. The monoisotopic (exact) mass is 354 g/mol. The molecule has 0 spiro atoms. The summed E-state index contributed by atoms with van der Waals surface area (Å²) in [6.07, 6.45) is 23.8. The second-order valence-electron chi connectivity index (χ2n) is 6.17. The molecule has 0 aromatic heterocycles. The van der Waals surface area contributed by atoms with Gasteiger partial charge in [0.1, 0.15) is 0 Å². The average Bonchev–Trinajstić information content (AvgIpc) is 3.41. The second-order valence-corrected chi connectivity index (χ2v) is 6.17. The Bertz CT molecular complexity index is 864. The molecule has 132 valence electrons. The Hall–Kier alpha value is -3.44. The Labute approximate surface area is 158 Å². The van der Waals surface area contributed by atoms with Crippen molar-refractivity contribution in [1.82, 2.24) is 0 Å². The minimum Gasteiger partial charge on any atom is -0.388 e. The molecule has 0 aromatic rings. The summed E-state index contributed by atoms with van der Waals surface area (Å²) in [5, 5.41) is 0. The molecule has 8 bridgehead atoms. The fraction of sp³-hybridized carbons (Fsp3) is 0.0909. The van der Waals surface area contributed by atoms with Crippen molar-refractivity contribution in [3.05, 3.63) is 95.7 Å². The molecule has 0 saturated heterocycles. The molecule has 0 N–H and O–H groups in total. The molecule has 0 aliphatic carbocycles. The van der Waals surface area contributed by atoms with Crippen LogP contribution in [0.4, 0.5) is 0 Å². The molecule has 5 rings (SSSR count). The molecule has 5 aliphatic rings. The summed E-state index contributed by atoms with van der Waals surface area (Å²) in [5.41, 5.74) is 7.15. The summed E-state index contributed by atoms with van der Waals surface area (Å²) in [4.78, 5) is 18.4. The third-order valence-corrected chi connectivity index (χ3v) is 3.92. The summed E-state index contributed by atoms with van der Waals surface area (Å²) < 4.78 is 4.25. The summed E-state index contributed by atoms with van der Waals surface area (Å²) in [6.45, 7) is 0. The fourth-order valence-electron chi connectivity index (χ4n) is 2.83. The number of fused-ring (bicyclic) bond motifs is 4. The molecule has 5 aliphatic heterocycles. The maximum atomic E-state index is 4.59. The first-order chi connectivity index (χ1) is 13.2. The maximum absolute atomic E-state index is 4.59. The third-order valence-electron chi connectivity index (χ3n) is 3.92. The number of methoxy groups -OCH3 is 1. The predicted octanol–water partition coefficient (Wildman–Crippen LogP) is 3.84. The molecule has 5 heterocycles. The third kappa shape index (κ3) is 4.04. The van der Waals surface area contributed by atoms with Gasteiger partial charge in [-0.3, -0.25) is 0 Å². The van der Waals surface area contributed by atoms with Gasteiger partial charge in [-0.15, -0.1) is 0 Å². The average molecular weight is 354 g/mol. The molecule has 5 heteroatoms. The quantitative estimate of drug-likeness (QED) is 0.652. The van der Waals surface area contributed by atoms with E-state index in [-0.39, 0.29) is 0 Å². The lowest BCUT2D eigenvalue weighted by molar-refractivity contribution is 0.277. The van der Waals surface area contributed by atoms with E-state index in [1.54, 1.807) is 14.2 Å². The Kier molecular flexibility index (Phi) is 4.68. The van der Waals surface area contributed by atoms with Crippen molar-refractivity contribution >= 4 is 22.8 Å². The van der Waals surface area contributed by atoms with Gasteiger partial charge in [-0.05, 0) is 72.9 Å². The van der Waals surface area contributed by atoms with Crippen molar-refractivity contribution in [2.75, 3.05) is 14.2 Å². The number of rotatable bonds is 0. The number of nitrogens with zero attached hydrogens (tertiary/aromatic N) is 4. The molecule has 0 unspecified atom stereocenters. The highest BCUT2D eigenvalue weighted by molar-refractivity contribution is 6.14. The summed E-state index contributed by atoms with van der Waals surface area (Å²) >= 11 is 0. The van der Waals surface area contributed by atoms with E-state index in [1.165, 1.54) is 0 Å². The largest absolute Gasteiger partial charge is 0.388 e. The molecule has 0 amide bonds. The molecule has 0 aromatic carbocycles. The van der Waals surface area contributed by atoms with Crippen LogP contribution in [0.2, 0.25) is 0 Å². The smallest absolute Gasteiger partial charge is 0.0659 e. The molecular weight excluding hydrogens is 336 g/mol. The van der Waals surface area contributed by atoms with E-state index in [1.807, 2.05) is 72.9 Å². The molecule has 5 nitrogen and oxygen atoms in total. The van der Waals surface area contributed by atoms with Gasteiger partial charge in [0.2, 0.25) is 0 Å². The van der Waals surface area contributed by atoms with E-state index < -0.39 is 0 Å². The zero-order chi connectivity index (χ0) is 18.6. The second kappa shape index (κ2) is 7.43. The van der Waals surface area contributed by atoms with E-state index in [2.05, 4.69) is 24.7 Å². The lowest BCUT2D eigenvalue weighted by Gasteiger charge is -1.94. The molecule has 0 saturated carbocycles. The van der Waals surface area contributed by atoms with Gasteiger partial charge >= 0.3 is 0 Å². The first-order valence-electron chi connectivity index (χ1n) is 8.56. The van der Waals surface area contributed by atoms with Gasteiger partial charge in [-0.25, -0.2) is 20.0 Å². The van der Waals surface area contributed by atoms with Crippen LogP contribution in [0, 0.1) is 0 Å². The van der Waals surface area contributed by atoms with Gasteiger partial charge in [-0.2, -0.15) is 0 Å². The predicted molar refractivity (Wildman–Crippen MR) is 112 cm³/mol. The highest BCUT2D eigenvalue weighted by Gasteiger charge is 2.11. The zero-order valence-corrected chi connectivity index (χ0v) is 15.1. The molecule has 0 fully saturated rings. The van der Waals surface area contributed by atoms with Crippen LogP contribution in [0.5, 0.6) is 0 Å². The minimum atomic E-state index is 0.894. The van der Waals surface area contributed by atoms with Crippen LogP contribution in [-0.2, 0) is 4.74 Å². The number of aliphatic imine (C=N–C) groups is 4. The van der Waals surface area contributed by atoms with Crippen LogP contribution in [0.25, 0.3) is 0 Å². The Morgan fingerprint density at radius 1 is 0.444 bits per heavy atom. The number of hydrogen-bond acceptors (Lipinski definition) is 5. The summed E-state index contributed by atoms with van der Waals surface area (Å²) in [5.74, 6) is 0. The lowest BCUT2D eigenvalue weighted by Crippen LogP contribution is -1.89. The van der Waals surface area contributed by atoms with Crippen molar-refractivity contribution in [3.63, 3.8) is 0 Å². The first-order valence-corrected chi connectivity index (χ1v) is 8.56. The number of allylic oxidation sites excluding steroid dienone is 12. The van der Waals surface area contributed by atoms with E-state index in [4.69, 9.17) is 0 Å². The minimum absolute atomic E-state index is 0.894.